The Kier molecular flexibility index (Phi) is 4.81. The van der Waals surface area contributed by atoms with Crippen LogP contribution < -0.4 is 5.11 Å². The SMILES string of the molecule is O=[N+]([O-])c1cc(Br)cc(C=Nc2ccc3oc(-c4ccc(F)cc4)nc3c2)c1[O-]. The maximum absolute atomic E-state index is 13.1. The molecule has 1 aromatic heterocycles. The Labute approximate surface area is 171 Å². The number of nitro groups is 1. The van der Waals surface area contributed by atoms with Gasteiger partial charge < -0.3 is 9.52 Å². The number of aromatic nitrogens is 1. The van der Waals surface area contributed by atoms with Crippen LogP contribution in [0.1, 0.15) is 5.56 Å². The minimum Gasteiger partial charge on any atom is -0.867 e. The predicted octanol–water partition coefficient (Wildman–Crippen LogP) is 5.13. The van der Waals surface area contributed by atoms with Crippen LogP contribution >= 0.6 is 15.9 Å². The Morgan fingerprint density at radius 3 is 2.62 bits per heavy atom. The molecule has 29 heavy (non-hydrogen) atoms. The lowest BCUT2D eigenvalue weighted by Crippen LogP contribution is -2.02. The molecular formula is C20H10BrFN3O4-. The number of rotatable bonds is 4. The molecule has 0 saturated heterocycles. The van der Waals surface area contributed by atoms with Crippen molar-refractivity contribution in [3.05, 3.63) is 80.6 Å². The summed E-state index contributed by atoms with van der Waals surface area (Å²) in [4.78, 5) is 18.9. The number of aliphatic imine (C=N–C) groups is 1. The number of hydrogen-bond acceptors (Lipinski definition) is 6. The van der Waals surface area contributed by atoms with E-state index in [0.29, 0.717) is 32.7 Å². The average Bonchev–Trinajstić information content (AvgIpc) is 3.12. The third-order valence-electron chi connectivity index (χ3n) is 4.07. The maximum atomic E-state index is 13.1. The number of hydrogen-bond donors (Lipinski definition) is 0. The number of fused-ring (bicyclic) bond motifs is 1. The molecule has 3 aromatic carbocycles. The molecule has 0 bridgehead atoms. The van der Waals surface area contributed by atoms with Gasteiger partial charge in [-0.05, 0) is 59.8 Å². The topological polar surface area (TPSA) is 105 Å². The Bertz CT molecular complexity index is 1270. The third kappa shape index (κ3) is 3.85. The first-order chi connectivity index (χ1) is 13.9. The minimum atomic E-state index is -0.733. The Hall–Kier alpha value is -3.59. The molecule has 9 heteroatoms. The van der Waals surface area contributed by atoms with Gasteiger partial charge in [0.15, 0.2) is 5.58 Å². The zero-order chi connectivity index (χ0) is 20.5. The van der Waals surface area contributed by atoms with Gasteiger partial charge in [0, 0.05) is 22.3 Å². The fraction of sp³-hybridized carbons (Fsp3) is 0. The van der Waals surface area contributed by atoms with E-state index in [1.165, 1.54) is 24.4 Å². The van der Waals surface area contributed by atoms with Gasteiger partial charge in [-0.1, -0.05) is 15.9 Å². The third-order valence-corrected chi connectivity index (χ3v) is 4.53. The molecule has 0 saturated carbocycles. The summed E-state index contributed by atoms with van der Waals surface area (Å²) in [5, 5.41) is 23.2. The van der Waals surface area contributed by atoms with Crippen molar-refractivity contribution in [2.75, 3.05) is 0 Å². The van der Waals surface area contributed by atoms with Crippen molar-refractivity contribution in [2.45, 2.75) is 0 Å². The second-order valence-electron chi connectivity index (χ2n) is 6.04. The normalized spacial score (nSPS) is 11.4. The highest BCUT2D eigenvalue weighted by molar-refractivity contribution is 9.10. The van der Waals surface area contributed by atoms with Crippen molar-refractivity contribution in [2.24, 2.45) is 4.99 Å². The van der Waals surface area contributed by atoms with Gasteiger partial charge >= 0.3 is 0 Å². The number of oxazole rings is 1. The van der Waals surface area contributed by atoms with Crippen LogP contribution in [0.4, 0.5) is 15.8 Å². The van der Waals surface area contributed by atoms with Crippen molar-refractivity contribution in [3.8, 4) is 17.2 Å². The first-order valence-electron chi connectivity index (χ1n) is 8.26. The van der Waals surface area contributed by atoms with Gasteiger partial charge in [-0.25, -0.2) is 9.37 Å². The molecule has 0 atom stereocenters. The van der Waals surface area contributed by atoms with E-state index in [-0.39, 0.29) is 11.4 Å². The minimum absolute atomic E-state index is 0.0818. The van der Waals surface area contributed by atoms with Crippen molar-refractivity contribution in [1.29, 1.82) is 0 Å². The summed E-state index contributed by atoms with van der Waals surface area (Å²) >= 11 is 3.15. The summed E-state index contributed by atoms with van der Waals surface area (Å²) in [5.41, 5.74) is 1.71. The van der Waals surface area contributed by atoms with Crippen LogP contribution in [0.3, 0.4) is 0 Å². The van der Waals surface area contributed by atoms with Gasteiger partial charge in [0.1, 0.15) is 11.3 Å². The second-order valence-corrected chi connectivity index (χ2v) is 6.95. The summed E-state index contributed by atoms with van der Waals surface area (Å²) < 4.78 is 19.2. The molecule has 1 heterocycles. The fourth-order valence-electron chi connectivity index (χ4n) is 2.69. The van der Waals surface area contributed by atoms with Crippen LogP contribution in [0, 0.1) is 15.9 Å². The van der Waals surface area contributed by atoms with Crippen LogP contribution in [0.5, 0.6) is 5.75 Å². The molecule has 0 unspecified atom stereocenters. The largest absolute Gasteiger partial charge is 0.867 e. The van der Waals surface area contributed by atoms with Gasteiger partial charge in [0.25, 0.3) is 5.69 Å². The number of benzene rings is 3. The van der Waals surface area contributed by atoms with Gasteiger partial charge in [0.2, 0.25) is 5.89 Å². The summed E-state index contributed by atoms with van der Waals surface area (Å²) in [6.45, 7) is 0. The van der Waals surface area contributed by atoms with E-state index in [4.69, 9.17) is 4.42 Å². The van der Waals surface area contributed by atoms with E-state index in [2.05, 4.69) is 25.9 Å². The first kappa shape index (κ1) is 18.8. The number of nitro benzene ring substituents is 1. The zero-order valence-corrected chi connectivity index (χ0v) is 16.1. The second kappa shape index (κ2) is 7.44. The van der Waals surface area contributed by atoms with Gasteiger partial charge in [-0.3, -0.25) is 15.1 Å². The summed E-state index contributed by atoms with van der Waals surface area (Å²) in [6, 6.07) is 13.4. The highest BCUT2D eigenvalue weighted by Gasteiger charge is 2.12. The van der Waals surface area contributed by atoms with Crippen molar-refractivity contribution < 1.29 is 18.8 Å². The molecule has 0 spiro atoms. The average molecular weight is 455 g/mol. The van der Waals surface area contributed by atoms with Crippen LogP contribution in [0.25, 0.3) is 22.6 Å². The summed E-state index contributed by atoms with van der Waals surface area (Å²) in [5.74, 6) is -0.735. The maximum Gasteiger partial charge on any atom is 0.263 e. The lowest BCUT2D eigenvalue weighted by molar-refractivity contribution is -0.398. The van der Waals surface area contributed by atoms with E-state index in [1.807, 2.05) is 0 Å². The Morgan fingerprint density at radius 2 is 1.90 bits per heavy atom. The van der Waals surface area contributed by atoms with Gasteiger partial charge in [-0.2, -0.15) is 0 Å². The smallest absolute Gasteiger partial charge is 0.263 e. The molecule has 4 rings (SSSR count). The molecule has 4 aromatic rings. The van der Waals surface area contributed by atoms with Crippen molar-refractivity contribution in [1.82, 2.24) is 4.98 Å². The van der Waals surface area contributed by atoms with E-state index in [9.17, 15) is 19.6 Å². The Morgan fingerprint density at radius 1 is 1.14 bits per heavy atom. The van der Waals surface area contributed by atoms with Gasteiger partial charge in [0.05, 0.1) is 10.6 Å². The molecule has 144 valence electrons. The quantitative estimate of drug-likeness (QED) is 0.241. The van der Waals surface area contributed by atoms with Crippen LogP contribution in [0.2, 0.25) is 0 Å². The molecule has 0 N–H and O–H groups in total. The molecule has 0 aliphatic carbocycles. The molecule has 0 amide bonds. The summed E-state index contributed by atoms with van der Waals surface area (Å²) in [6.07, 6.45) is 1.27. The predicted molar refractivity (Wildman–Crippen MR) is 107 cm³/mol. The Balaban J connectivity index is 1.67. The van der Waals surface area contributed by atoms with Crippen molar-refractivity contribution >= 4 is 44.6 Å². The van der Waals surface area contributed by atoms with E-state index in [0.717, 1.165) is 6.07 Å². The van der Waals surface area contributed by atoms with Crippen LogP contribution in [0.15, 0.2) is 68.5 Å². The standard InChI is InChI=1S/C20H11BrFN3O4/c21-13-7-12(19(26)17(8-13)25(27)28)10-23-15-5-6-18-16(9-15)24-20(29-18)11-1-3-14(22)4-2-11/h1-10,26H/p-1. The molecule has 0 radical (unpaired) electrons. The lowest BCUT2D eigenvalue weighted by atomic mass is 10.2. The van der Waals surface area contributed by atoms with Crippen molar-refractivity contribution in [3.63, 3.8) is 0 Å². The lowest BCUT2D eigenvalue weighted by Gasteiger charge is -2.10. The molecule has 0 aliphatic rings. The van der Waals surface area contributed by atoms with Crippen LogP contribution in [-0.4, -0.2) is 16.1 Å². The van der Waals surface area contributed by atoms with E-state index < -0.39 is 16.4 Å². The first-order valence-corrected chi connectivity index (χ1v) is 9.05. The fourth-order valence-corrected chi connectivity index (χ4v) is 3.15. The molecular weight excluding hydrogens is 445 g/mol. The van der Waals surface area contributed by atoms with Crippen LogP contribution in [-0.2, 0) is 0 Å². The number of halogens is 2. The number of nitrogens with zero attached hydrogens (tertiary/aromatic N) is 3. The van der Waals surface area contributed by atoms with Gasteiger partial charge in [-0.15, -0.1) is 0 Å². The zero-order valence-electron chi connectivity index (χ0n) is 14.5. The monoisotopic (exact) mass is 454 g/mol. The van der Waals surface area contributed by atoms with E-state index in [1.54, 1.807) is 30.3 Å². The molecule has 0 aliphatic heterocycles. The van der Waals surface area contributed by atoms with E-state index >= 15 is 0 Å². The summed E-state index contributed by atoms with van der Waals surface area (Å²) in [7, 11) is 0. The highest BCUT2D eigenvalue weighted by Crippen LogP contribution is 2.31. The highest BCUT2D eigenvalue weighted by atomic mass is 79.9. The molecule has 0 fully saturated rings. The molecule has 7 nitrogen and oxygen atoms in total.